The Bertz CT molecular complexity index is 1040. The standard InChI is InChI=1S/C22H20N2O6/c1-26-13-18(22(25)28-3)19-20(27-2)23-14-24-21(19)30-17-11-7-10-16(12-17)29-15-8-5-4-6-9-15/h4-14H,1-3H3. The zero-order chi connectivity index (χ0) is 21.3. The maximum absolute atomic E-state index is 12.3. The second-order valence-electron chi connectivity index (χ2n) is 5.81. The van der Waals surface area contributed by atoms with Gasteiger partial charge >= 0.3 is 5.97 Å². The van der Waals surface area contributed by atoms with E-state index in [1.165, 1.54) is 33.9 Å². The molecule has 3 aromatic rings. The number of carbonyl (C=O) groups is 1. The van der Waals surface area contributed by atoms with E-state index in [2.05, 4.69) is 9.97 Å². The molecule has 3 rings (SSSR count). The van der Waals surface area contributed by atoms with E-state index >= 15 is 0 Å². The van der Waals surface area contributed by atoms with Crippen molar-refractivity contribution < 1.29 is 28.5 Å². The third kappa shape index (κ3) is 4.85. The van der Waals surface area contributed by atoms with Crippen LogP contribution in [0.2, 0.25) is 0 Å². The number of nitrogens with zero attached hydrogens (tertiary/aromatic N) is 2. The average Bonchev–Trinajstić information content (AvgIpc) is 2.78. The first-order chi connectivity index (χ1) is 14.7. The van der Waals surface area contributed by atoms with Crippen LogP contribution < -0.4 is 14.2 Å². The molecule has 0 bridgehead atoms. The molecular formula is C22H20N2O6. The van der Waals surface area contributed by atoms with Crippen LogP contribution in [0.15, 0.2) is 67.2 Å². The lowest BCUT2D eigenvalue weighted by Crippen LogP contribution is -2.09. The summed E-state index contributed by atoms with van der Waals surface area (Å²) in [6.07, 6.45) is 2.48. The molecule has 0 spiro atoms. The number of hydrogen-bond donors (Lipinski definition) is 0. The molecule has 0 atom stereocenters. The van der Waals surface area contributed by atoms with E-state index in [9.17, 15) is 4.79 Å². The summed E-state index contributed by atoms with van der Waals surface area (Å²) in [5.74, 6) is 1.26. The summed E-state index contributed by atoms with van der Waals surface area (Å²) in [5.41, 5.74) is 0.243. The lowest BCUT2D eigenvalue weighted by molar-refractivity contribution is -0.133. The molecular weight excluding hydrogens is 388 g/mol. The first-order valence-corrected chi connectivity index (χ1v) is 8.87. The van der Waals surface area contributed by atoms with E-state index < -0.39 is 5.97 Å². The van der Waals surface area contributed by atoms with Crippen molar-refractivity contribution in [3.8, 4) is 29.0 Å². The Balaban J connectivity index is 1.96. The quantitative estimate of drug-likeness (QED) is 0.311. The number of hydrogen-bond acceptors (Lipinski definition) is 8. The van der Waals surface area contributed by atoms with Gasteiger partial charge in [0, 0.05) is 6.07 Å². The predicted molar refractivity (Wildman–Crippen MR) is 109 cm³/mol. The third-order valence-corrected chi connectivity index (χ3v) is 3.88. The number of rotatable bonds is 8. The van der Waals surface area contributed by atoms with E-state index in [1.54, 1.807) is 24.3 Å². The fourth-order valence-electron chi connectivity index (χ4n) is 2.59. The number of para-hydroxylation sites is 1. The Morgan fingerprint density at radius 1 is 0.833 bits per heavy atom. The SMILES string of the molecule is COC=C(C(=O)OC)c1c(OC)ncnc1Oc1cccc(Oc2ccccc2)c1. The number of benzene rings is 2. The van der Waals surface area contributed by atoms with Crippen LogP contribution in [-0.4, -0.2) is 37.3 Å². The lowest BCUT2D eigenvalue weighted by Gasteiger charge is -2.14. The molecule has 0 amide bonds. The summed E-state index contributed by atoms with van der Waals surface area (Å²) < 4.78 is 26.9. The molecule has 2 aromatic carbocycles. The monoisotopic (exact) mass is 408 g/mol. The first-order valence-electron chi connectivity index (χ1n) is 8.87. The Hall–Kier alpha value is -4.07. The molecule has 1 aromatic heterocycles. The van der Waals surface area contributed by atoms with Crippen molar-refractivity contribution in [3.05, 3.63) is 72.8 Å². The van der Waals surface area contributed by atoms with Crippen molar-refractivity contribution in [1.82, 2.24) is 9.97 Å². The van der Waals surface area contributed by atoms with E-state index in [-0.39, 0.29) is 22.9 Å². The Morgan fingerprint density at radius 2 is 1.50 bits per heavy atom. The molecule has 0 radical (unpaired) electrons. The minimum Gasteiger partial charge on any atom is -0.503 e. The highest BCUT2D eigenvalue weighted by molar-refractivity contribution is 6.17. The van der Waals surface area contributed by atoms with Crippen LogP contribution in [0.25, 0.3) is 5.57 Å². The van der Waals surface area contributed by atoms with Gasteiger partial charge in [-0.05, 0) is 24.3 Å². The Morgan fingerprint density at radius 3 is 2.17 bits per heavy atom. The van der Waals surface area contributed by atoms with Gasteiger partial charge in [-0.25, -0.2) is 14.8 Å². The van der Waals surface area contributed by atoms with Crippen LogP contribution in [0.3, 0.4) is 0 Å². The molecule has 0 aliphatic carbocycles. The van der Waals surface area contributed by atoms with Crippen molar-refractivity contribution in [2.45, 2.75) is 0 Å². The second kappa shape index (κ2) is 9.92. The first kappa shape index (κ1) is 20.7. The van der Waals surface area contributed by atoms with Crippen molar-refractivity contribution in [1.29, 1.82) is 0 Å². The fourth-order valence-corrected chi connectivity index (χ4v) is 2.59. The highest BCUT2D eigenvalue weighted by Gasteiger charge is 2.25. The number of esters is 1. The van der Waals surface area contributed by atoms with Crippen molar-refractivity contribution >= 4 is 11.5 Å². The van der Waals surface area contributed by atoms with Gasteiger partial charge in [0.2, 0.25) is 11.8 Å². The summed E-state index contributed by atoms with van der Waals surface area (Å²) in [5, 5.41) is 0. The van der Waals surface area contributed by atoms with Gasteiger partial charge in [0.1, 0.15) is 34.7 Å². The summed E-state index contributed by atoms with van der Waals surface area (Å²) in [7, 11) is 4.09. The van der Waals surface area contributed by atoms with Crippen LogP contribution in [0, 0.1) is 0 Å². The summed E-state index contributed by atoms with van der Waals surface area (Å²) in [6, 6.07) is 16.4. The van der Waals surface area contributed by atoms with Crippen molar-refractivity contribution in [2.75, 3.05) is 21.3 Å². The van der Waals surface area contributed by atoms with Gasteiger partial charge in [-0.2, -0.15) is 0 Å². The zero-order valence-corrected chi connectivity index (χ0v) is 16.7. The van der Waals surface area contributed by atoms with Gasteiger partial charge in [-0.1, -0.05) is 24.3 Å². The van der Waals surface area contributed by atoms with Gasteiger partial charge in [0.25, 0.3) is 0 Å². The second-order valence-corrected chi connectivity index (χ2v) is 5.81. The van der Waals surface area contributed by atoms with Crippen molar-refractivity contribution in [2.24, 2.45) is 0 Å². The summed E-state index contributed by atoms with van der Waals surface area (Å²) in [6.45, 7) is 0. The van der Waals surface area contributed by atoms with E-state index in [0.717, 1.165) is 0 Å². The zero-order valence-electron chi connectivity index (χ0n) is 16.7. The molecule has 0 aliphatic rings. The van der Waals surface area contributed by atoms with Crippen LogP contribution in [0.4, 0.5) is 0 Å². The molecule has 0 saturated heterocycles. The van der Waals surface area contributed by atoms with Gasteiger partial charge in [-0.3, -0.25) is 0 Å². The number of aromatic nitrogens is 2. The number of methoxy groups -OCH3 is 3. The molecule has 8 heteroatoms. The normalized spacial score (nSPS) is 10.8. The average molecular weight is 408 g/mol. The Kier molecular flexibility index (Phi) is 6.83. The molecule has 0 aliphatic heterocycles. The Labute approximate surface area is 173 Å². The smallest absolute Gasteiger partial charge is 0.342 e. The van der Waals surface area contributed by atoms with Crippen LogP contribution in [0.5, 0.6) is 29.0 Å². The molecule has 0 fully saturated rings. The lowest BCUT2D eigenvalue weighted by atomic mass is 10.1. The number of ether oxygens (including phenoxy) is 5. The van der Waals surface area contributed by atoms with Gasteiger partial charge in [0.15, 0.2) is 0 Å². The van der Waals surface area contributed by atoms with Crippen LogP contribution >= 0.6 is 0 Å². The van der Waals surface area contributed by atoms with Gasteiger partial charge in [-0.15, -0.1) is 0 Å². The van der Waals surface area contributed by atoms with E-state index in [0.29, 0.717) is 17.2 Å². The molecule has 1 heterocycles. The minimum atomic E-state index is -0.657. The van der Waals surface area contributed by atoms with Gasteiger partial charge in [0.05, 0.1) is 27.6 Å². The predicted octanol–water partition coefficient (Wildman–Crippen LogP) is 4.23. The van der Waals surface area contributed by atoms with Crippen LogP contribution in [0.1, 0.15) is 5.56 Å². The molecule has 8 nitrogen and oxygen atoms in total. The highest BCUT2D eigenvalue weighted by atomic mass is 16.5. The minimum absolute atomic E-state index is 0.0455. The topological polar surface area (TPSA) is 89.0 Å². The molecule has 0 saturated carbocycles. The number of carbonyl (C=O) groups excluding carboxylic acids is 1. The molecule has 30 heavy (non-hydrogen) atoms. The highest BCUT2D eigenvalue weighted by Crippen LogP contribution is 2.36. The summed E-state index contributed by atoms with van der Waals surface area (Å²) >= 11 is 0. The van der Waals surface area contributed by atoms with E-state index in [4.69, 9.17) is 23.7 Å². The van der Waals surface area contributed by atoms with Crippen LogP contribution in [-0.2, 0) is 14.3 Å². The molecule has 0 N–H and O–H groups in total. The maximum atomic E-state index is 12.3. The van der Waals surface area contributed by atoms with E-state index in [1.807, 2.05) is 30.3 Å². The third-order valence-electron chi connectivity index (χ3n) is 3.88. The molecule has 0 unspecified atom stereocenters. The largest absolute Gasteiger partial charge is 0.503 e. The fraction of sp³-hybridized carbons (Fsp3) is 0.136. The van der Waals surface area contributed by atoms with Crippen molar-refractivity contribution in [3.63, 3.8) is 0 Å². The molecule has 154 valence electrons. The summed E-state index contributed by atoms with van der Waals surface area (Å²) in [4.78, 5) is 20.5. The van der Waals surface area contributed by atoms with Gasteiger partial charge < -0.3 is 23.7 Å². The maximum Gasteiger partial charge on any atom is 0.342 e.